The first kappa shape index (κ1) is 21.6. The van der Waals surface area contributed by atoms with Gasteiger partial charge in [-0.2, -0.15) is 0 Å². The van der Waals surface area contributed by atoms with E-state index >= 15 is 0 Å². The van der Waals surface area contributed by atoms with Crippen LogP contribution in [0.4, 0.5) is 5.69 Å². The molecule has 1 atom stereocenters. The van der Waals surface area contributed by atoms with Crippen molar-refractivity contribution in [3.05, 3.63) is 84.4 Å². The predicted molar refractivity (Wildman–Crippen MR) is 120 cm³/mol. The molecule has 1 fully saturated rings. The molecule has 0 unspecified atom stereocenters. The summed E-state index contributed by atoms with van der Waals surface area (Å²) in [4.78, 5) is 25.5. The highest BCUT2D eigenvalue weighted by atomic mass is 32.2. The number of nitrogens with zero attached hydrogens (tertiary/aromatic N) is 1. The Labute approximate surface area is 186 Å². The summed E-state index contributed by atoms with van der Waals surface area (Å²) >= 11 is 0. The summed E-state index contributed by atoms with van der Waals surface area (Å²) in [6, 6.07) is 21.0. The Morgan fingerprint density at radius 3 is 2.34 bits per heavy atom. The van der Waals surface area contributed by atoms with Gasteiger partial charge in [-0.1, -0.05) is 48.0 Å². The van der Waals surface area contributed by atoms with Crippen LogP contribution in [0.25, 0.3) is 0 Å². The number of nitrogens with one attached hydrogen (secondary N) is 1. The minimum Gasteiger partial charge on any atom is -0.455 e. The fraction of sp³-hybridized carbons (Fsp3) is 0.167. The Morgan fingerprint density at radius 1 is 0.969 bits per heavy atom. The van der Waals surface area contributed by atoms with Crippen molar-refractivity contribution in [2.75, 3.05) is 5.32 Å². The highest BCUT2D eigenvalue weighted by molar-refractivity contribution is 7.89. The summed E-state index contributed by atoms with van der Waals surface area (Å²) in [7, 11) is -4.16. The lowest BCUT2D eigenvalue weighted by molar-refractivity contribution is -0.128. The zero-order valence-electron chi connectivity index (χ0n) is 17.4. The lowest BCUT2D eigenvalue weighted by atomic mass is 10.2. The lowest BCUT2D eigenvalue weighted by Crippen LogP contribution is -2.45. The summed E-state index contributed by atoms with van der Waals surface area (Å²) in [5.74, 6) is -0.187. The third-order valence-corrected chi connectivity index (χ3v) is 7.00. The van der Waals surface area contributed by atoms with Crippen molar-refractivity contribution in [2.24, 2.45) is 0 Å². The average molecular weight is 451 g/mol. The molecule has 164 valence electrons. The van der Waals surface area contributed by atoms with Gasteiger partial charge in [0, 0.05) is 6.42 Å². The smallest absolute Gasteiger partial charge is 0.267 e. The SMILES string of the molecule is Cc1ccc(S(=O)(=O)N2C(=O)CC[C@@H]2C(=O)Nc2ccccc2Oc2ccccc2)cc1. The maximum Gasteiger partial charge on any atom is 0.267 e. The molecule has 3 aromatic rings. The summed E-state index contributed by atoms with van der Waals surface area (Å²) in [5, 5.41) is 2.73. The largest absolute Gasteiger partial charge is 0.455 e. The molecule has 1 heterocycles. The number of sulfonamides is 1. The fourth-order valence-corrected chi connectivity index (χ4v) is 5.12. The topological polar surface area (TPSA) is 92.8 Å². The van der Waals surface area contributed by atoms with Gasteiger partial charge in [-0.25, -0.2) is 12.7 Å². The molecular weight excluding hydrogens is 428 g/mol. The molecule has 8 heteroatoms. The second kappa shape index (κ2) is 8.84. The van der Waals surface area contributed by atoms with E-state index in [0.717, 1.165) is 5.56 Å². The number of amides is 2. The van der Waals surface area contributed by atoms with Crippen molar-refractivity contribution in [1.29, 1.82) is 0 Å². The molecule has 32 heavy (non-hydrogen) atoms. The minimum atomic E-state index is -4.16. The molecule has 1 aliphatic rings. The molecule has 7 nitrogen and oxygen atoms in total. The molecule has 1 aliphatic heterocycles. The predicted octanol–water partition coefficient (Wildman–Crippen LogP) is 4.11. The molecule has 1 saturated heterocycles. The number of aryl methyl sites for hydroxylation is 1. The van der Waals surface area contributed by atoms with Gasteiger partial charge in [-0.15, -0.1) is 0 Å². The zero-order valence-corrected chi connectivity index (χ0v) is 18.2. The van der Waals surface area contributed by atoms with Crippen LogP contribution in [0.3, 0.4) is 0 Å². The van der Waals surface area contributed by atoms with E-state index in [1.165, 1.54) is 12.1 Å². The molecule has 0 saturated carbocycles. The number of carbonyl (C=O) groups excluding carboxylic acids is 2. The Bertz CT molecular complexity index is 1240. The van der Waals surface area contributed by atoms with Crippen molar-refractivity contribution in [2.45, 2.75) is 30.7 Å². The van der Waals surface area contributed by atoms with Gasteiger partial charge in [0.1, 0.15) is 11.8 Å². The van der Waals surface area contributed by atoms with Gasteiger partial charge in [0.2, 0.25) is 11.8 Å². The number of ether oxygens (including phenoxy) is 1. The van der Waals surface area contributed by atoms with E-state index in [-0.39, 0.29) is 17.7 Å². The van der Waals surface area contributed by atoms with E-state index in [1.807, 2.05) is 25.1 Å². The number of anilines is 1. The van der Waals surface area contributed by atoms with Crippen LogP contribution in [0.15, 0.2) is 83.8 Å². The van der Waals surface area contributed by atoms with Crippen LogP contribution >= 0.6 is 0 Å². The number of rotatable bonds is 6. The van der Waals surface area contributed by atoms with E-state index in [0.29, 0.717) is 21.5 Å². The van der Waals surface area contributed by atoms with Gasteiger partial charge in [-0.3, -0.25) is 9.59 Å². The van der Waals surface area contributed by atoms with Crippen LogP contribution in [0, 0.1) is 6.92 Å². The van der Waals surface area contributed by atoms with Gasteiger partial charge >= 0.3 is 0 Å². The Morgan fingerprint density at radius 2 is 1.62 bits per heavy atom. The summed E-state index contributed by atoms with van der Waals surface area (Å²) in [6.07, 6.45) is 0.0861. The van der Waals surface area contributed by atoms with Crippen molar-refractivity contribution in [3.63, 3.8) is 0 Å². The van der Waals surface area contributed by atoms with E-state index < -0.39 is 27.9 Å². The van der Waals surface area contributed by atoms with Crippen LogP contribution < -0.4 is 10.1 Å². The summed E-state index contributed by atoms with van der Waals surface area (Å²) in [5.41, 5.74) is 1.27. The van der Waals surface area contributed by atoms with Crippen LogP contribution in [-0.2, 0) is 19.6 Å². The number of carbonyl (C=O) groups is 2. The highest BCUT2D eigenvalue weighted by Gasteiger charge is 2.44. The highest BCUT2D eigenvalue weighted by Crippen LogP contribution is 2.32. The van der Waals surface area contributed by atoms with Gasteiger partial charge in [0.15, 0.2) is 5.75 Å². The van der Waals surface area contributed by atoms with E-state index in [1.54, 1.807) is 48.5 Å². The van der Waals surface area contributed by atoms with Gasteiger partial charge in [0.05, 0.1) is 10.6 Å². The van der Waals surface area contributed by atoms with Gasteiger partial charge < -0.3 is 10.1 Å². The quantitative estimate of drug-likeness (QED) is 0.610. The first-order valence-corrected chi connectivity index (χ1v) is 11.6. The third-order valence-electron chi connectivity index (χ3n) is 5.16. The summed E-state index contributed by atoms with van der Waals surface area (Å²) in [6.45, 7) is 1.84. The Balaban J connectivity index is 1.58. The molecule has 0 bridgehead atoms. The van der Waals surface area contributed by atoms with E-state index in [2.05, 4.69) is 5.32 Å². The monoisotopic (exact) mass is 450 g/mol. The Kier molecular flexibility index (Phi) is 5.96. The molecule has 4 rings (SSSR count). The zero-order chi connectivity index (χ0) is 22.7. The molecule has 2 amide bonds. The van der Waals surface area contributed by atoms with Crippen molar-refractivity contribution in [1.82, 2.24) is 4.31 Å². The molecule has 0 aromatic heterocycles. The van der Waals surface area contributed by atoms with Gasteiger partial charge in [-0.05, 0) is 49.7 Å². The number of benzene rings is 3. The van der Waals surface area contributed by atoms with E-state index in [4.69, 9.17) is 4.74 Å². The molecule has 0 spiro atoms. The Hall–Kier alpha value is -3.65. The van der Waals surface area contributed by atoms with Crippen LogP contribution in [-0.4, -0.2) is 30.6 Å². The molecule has 1 N–H and O–H groups in total. The van der Waals surface area contributed by atoms with Crippen molar-refractivity contribution < 1.29 is 22.7 Å². The summed E-state index contributed by atoms with van der Waals surface area (Å²) < 4.78 is 32.8. The molecule has 0 radical (unpaired) electrons. The van der Waals surface area contributed by atoms with E-state index in [9.17, 15) is 18.0 Å². The van der Waals surface area contributed by atoms with Crippen molar-refractivity contribution in [3.8, 4) is 11.5 Å². The van der Waals surface area contributed by atoms with Crippen LogP contribution in [0.5, 0.6) is 11.5 Å². The van der Waals surface area contributed by atoms with Crippen LogP contribution in [0.2, 0.25) is 0 Å². The van der Waals surface area contributed by atoms with Crippen LogP contribution in [0.1, 0.15) is 18.4 Å². The van der Waals surface area contributed by atoms with Crippen molar-refractivity contribution >= 4 is 27.5 Å². The second-order valence-corrected chi connectivity index (χ2v) is 9.28. The molecule has 0 aliphatic carbocycles. The number of hydrogen-bond acceptors (Lipinski definition) is 5. The van der Waals surface area contributed by atoms with Gasteiger partial charge in [0.25, 0.3) is 10.0 Å². The first-order valence-electron chi connectivity index (χ1n) is 10.1. The second-order valence-electron chi connectivity index (χ2n) is 7.46. The molecule has 3 aromatic carbocycles. The fourth-order valence-electron chi connectivity index (χ4n) is 3.51. The maximum absolute atomic E-state index is 13.1. The standard InChI is InChI=1S/C24H22N2O5S/c1-17-11-13-19(14-12-17)32(29,30)26-21(15-16-23(26)27)24(28)25-20-9-5-6-10-22(20)31-18-7-3-2-4-8-18/h2-14,21H,15-16H2,1H3,(H,25,28)/t21-/m1/s1. The molecular formula is C24H22N2O5S. The number of hydrogen-bond donors (Lipinski definition) is 1. The number of para-hydroxylation sites is 3. The lowest BCUT2D eigenvalue weighted by Gasteiger charge is -2.24. The normalized spacial score (nSPS) is 16.1. The maximum atomic E-state index is 13.1. The minimum absolute atomic E-state index is 0.0225. The average Bonchev–Trinajstić information content (AvgIpc) is 3.18. The first-order chi connectivity index (χ1) is 15.4. The third kappa shape index (κ3) is 4.36.